The molecule has 0 radical (unpaired) electrons. The number of carbonyl (C=O) groups excluding carboxylic acids is 1. The highest BCUT2D eigenvalue weighted by atomic mass is 19.4. The minimum atomic E-state index is -4.36. The lowest BCUT2D eigenvalue weighted by Gasteiger charge is -2.25. The number of nitrogens with one attached hydrogen (secondary N) is 1. The van der Waals surface area contributed by atoms with Crippen molar-refractivity contribution in [3.05, 3.63) is 42.5 Å². The number of benzene rings is 1. The lowest BCUT2D eigenvalue weighted by Crippen LogP contribution is -2.38. The minimum Gasteiger partial charge on any atom is -0.381 e. The molecule has 1 amide bonds. The Hall–Kier alpha value is -1.98. The number of carbonyl (C=O) groups is 1. The highest BCUT2D eigenvalue weighted by Crippen LogP contribution is 2.31. The predicted octanol–water partition coefficient (Wildman–Crippen LogP) is 3.68. The first-order chi connectivity index (χ1) is 10.4. The van der Waals surface area contributed by atoms with E-state index in [1.807, 2.05) is 0 Å². The first kappa shape index (κ1) is 16.4. The standard InChI is InChI=1S/C16H19F3N2O/c1-2-15(22)21-9-4-3-7-14(11-21)20-13-8-5-6-12(10-13)16(17,18)19/h2,5-6,8,10,14,20H,1,3-4,7,9,11H2/t14-/m1/s1. The maximum absolute atomic E-state index is 12.7. The van der Waals surface area contributed by atoms with Gasteiger partial charge in [-0.05, 0) is 43.5 Å². The molecular formula is C16H19F3N2O. The molecule has 0 aromatic heterocycles. The van der Waals surface area contributed by atoms with Crippen molar-refractivity contribution >= 4 is 11.6 Å². The summed E-state index contributed by atoms with van der Waals surface area (Å²) in [7, 11) is 0. The maximum atomic E-state index is 12.7. The first-order valence-corrected chi connectivity index (χ1v) is 7.25. The van der Waals surface area contributed by atoms with E-state index in [-0.39, 0.29) is 11.9 Å². The average Bonchev–Trinajstić information content (AvgIpc) is 2.71. The summed E-state index contributed by atoms with van der Waals surface area (Å²) >= 11 is 0. The molecule has 1 saturated heterocycles. The summed E-state index contributed by atoms with van der Waals surface area (Å²) in [6.45, 7) is 4.61. The number of likely N-dealkylation sites (tertiary alicyclic amines) is 1. The number of amides is 1. The van der Waals surface area contributed by atoms with E-state index in [0.717, 1.165) is 31.4 Å². The van der Waals surface area contributed by atoms with Gasteiger partial charge in [-0.1, -0.05) is 12.6 Å². The molecule has 120 valence electrons. The molecule has 1 N–H and O–H groups in total. The van der Waals surface area contributed by atoms with Gasteiger partial charge in [0.1, 0.15) is 0 Å². The molecule has 0 unspecified atom stereocenters. The number of hydrogen-bond acceptors (Lipinski definition) is 2. The van der Waals surface area contributed by atoms with Crippen LogP contribution in [0.5, 0.6) is 0 Å². The van der Waals surface area contributed by atoms with Crippen LogP contribution in [0.4, 0.5) is 18.9 Å². The fourth-order valence-electron chi connectivity index (χ4n) is 2.61. The van der Waals surface area contributed by atoms with Gasteiger partial charge in [-0.3, -0.25) is 4.79 Å². The third-order valence-electron chi connectivity index (χ3n) is 3.72. The van der Waals surface area contributed by atoms with E-state index in [0.29, 0.717) is 18.8 Å². The second-order valence-electron chi connectivity index (χ2n) is 5.40. The van der Waals surface area contributed by atoms with Crippen LogP contribution in [0.2, 0.25) is 0 Å². The molecule has 2 rings (SSSR count). The van der Waals surface area contributed by atoms with Gasteiger partial charge >= 0.3 is 6.18 Å². The molecule has 3 nitrogen and oxygen atoms in total. The van der Waals surface area contributed by atoms with Crippen LogP contribution in [0.3, 0.4) is 0 Å². The van der Waals surface area contributed by atoms with Crippen molar-refractivity contribution in [2.45, 2.75) is 31.5 Å². The zero-order chi connectivity index (χ0) is 16.2. The number of alkyl halides is 3. The van der Waals surface area contributed by atoms with Crippen LogP contribution in [0.1, 0.15) is 24.8 Å². The summed E-state index contributed by atoms with van der Waals surface area (Å²) in [4.78, 5) is 13.4. The minimum absolute atomic E-state index is 0.0603. The molecule has 1 aliphatic heterocycles. The Bertz CT molecular complexity index is 542. The third kappa shape index (κ3) is 4.26. The monoisotopic (exact) mass is 312 g/mol. The molecule has 1 heterocycles. The predicted molar refractivity (Wildman–Crippen MR) is 79.5 cm³/mol. The van der Waals surface area contributed by atoms with Crippen LogP contribution in [0, 0.1) is 0 Å². The topological polar surface area (TPSA) is 32.3 Å². The van der Waals surface area contributed by atoms with Gasteiger partial charge in [0.15, 0.2) is 0 Å². The highest BCUT2D eigenvalue weighted by molar-refractivity contribution is 5.87. The lowest BCUT2D eigenvalue weighted by molar-refractivity contribution is -0.137. The average molecular weight is 312 g/mol. The smallest absolute Gasteiger partial charge is 0.381 e. The van der Waals surface area contributed by atoms with Gasteiger partial charge in [-0.15, -0.1) is 0 Å². The normalized spacial score (nSPS) is 19.4. The van der Waals surface area contributed by atoms with Gasteiger partial charge in [0.2, 0.25) is 5.91 Å². The van der Waals surface area contributed by atoms with Gasteiger partial charge in [-0.25, -0.2) is 0 Å². The molecular weight excluding hydrogens is 293 g/mol. The second-order valence-corrected chi connectivity index (χ2v) is 5.40. The molecule has 0 bridgehead atoms. The number of anilines is 1. The lowest BCUT2D eigenvalue weighted by atomic mass is 10.1. The third-order valence-corrected chi connectivity index (χ3v) is 3.72. The van der Waals surface area contributed by atoms with Crippen LogP contribution < -0.4 is 5.32 Å². The largest absolute Gasteiger partial charge is 0.416 e. The molecule has 1 aromatic carbocycles. The Kier molecular flexibility index (Phi) is 5.11. The Morgan fingerprint density at radius 2 is 2.14 bits per heavy atom. The quantitative estimate of drug-likeness (QED) is 0.864. The van der Waals surface area contributed by atoms with Crippen LogP contribution in [0.15, 0.2) is 36.9 Å². The second kappa shape index (κ2) is 6.85. The first-order valence-electron chi connectivity index (χ1n) is 7.25. The van der Waals surface area contributed by atoms with Crippen molar-refractivity contribution < 1.29 is 18.0 Å². The Morgan fingerprint density at radius 1 is 1.36 bits per heavy atom. The molecule has 22 heavy (non-hydrogen) atoms. The number of halogens is 3. The SMILES string of the molecule is C=CC(=O)N1CCCC[C@@H](Nc2cccc(C(F)(F)F)c2)C1. The van der Waals surface area contributed by atoms with E-state index in [4.69, 9.17) is 0 Å². The Balaban J connectivity index is 2.08. The highest BCUT2D eigenvalue weighted by Gasteiger charge is 2.30. The van der Waals surface area contributed by atoms with Crippen molar-refractivity contribution in [1.29, 1.82) is 0 Å². The van der Waals surface area contributed by atoms with Crippen molar-refractivity contribution in [3.63, 3.8) is 0 Å². The fraction of sp³-hybridized carbons (Fsp3) is 0.438. The van der Waals surface area contributed by atoms with Gasteiger partial charge < -0.3 is 10.2 Å². The van der Waals surface area contributed by atoms with Crippen molar-refractivity contribution in [2.75, 3.05) is 18.4 Å². The summed E-state index contributed by atoms with van der Waals surface area (Å²) in [5.41, 5.74) is -0.252. The van der Waals surface area contributed by atoms with E-state index < -0.39 is 11.7 Å². The Morgan fingerprint density at radius 3 is 2.82 bits per heavy atom. The van der Waals surface area contributed by atoms with Crippen molar-refractivity contribution in [3.8, 4) is 0 Å². The molecule has 1 aromatic rings. The molecule has 6 heteroatoms. The molecule has 1 fully saturated rings. The van der Waals surface area contributed by atoms with Gasteiger partial charge in [0.25, 0.3) is 0 Å². The van der Waals surface area contributed by atoms with Crippen LogP contribution >= 0.6 is 0 Å². The van der Waals surface area contributed by atoms with Crippen molar-refractivity contribution in [1.82, 2.24) is 4.90 Å². The van der Waals surface area contributed by atoms with E-state index >= 15 is 0 Å². The summed E-state index contributed by atoms with van der Waals surface area (Å²) in [6.07, 6.45) is -0.451. The van der Waals surface area contributed by atoms with Gasteiger partial charge in [-0.2, -0.15) is 13.2 Å². The molecule has 0 saturated carbocycles. The van der Waals surface area contributed by atoms with Gasteiger partial charge in [0.05, 0.1) is 5.56 Å². The molecule has 1 aliphatic rings. The summed E-state index contributed by atoms with van der Waals surface area (Å²) < 4.78 is 38.2. The number of hydrogen-bond donors (Lipinski definition) is 1. The molecule has 1 atom stereocenters. The van der Waals surface area contributed by atoms with E-state index in [2.05, 4.69) is 11.9 Å². The van der Waals surface area contributed by atoms with Crippen LogP contribution in [-0.4, -0.2) is 29.9 Å². The van der Waals surface area contributed by atoms with Crippen molar-refractivity contribution in [2.24, 2.45) is 0 Å². The zero-order valence-electron chi connectivity index (χ0n) is 12.2. The molecule has 0 aliphatic carbocycles. The Labute approximate surface area is 127 Å². The zero-order valence-corrected chi connectivity index (χ0v) is 12.2. The maximum Gasteiger partial charge on any atom is 0.416 e. The van der Waals surface area contributed by atoms with Gasteiger partial charge in [0, 0.05) is 24.8 Å². The van der Waals surface area contributed by atoms with Crippen LogP contribution in [0.25, 0.3) is 0 Å². The summed E-state index contributed by atoms with van der Waals surface area (Å²) in [5, 5.41) is 3.11. The van der Waals surface area contributed by atoms with E-state index in [1.54, 1.807) is 11.0 Å². The number of nitrogens with zero attached hydrogens (tertiary/aromatic N) is 1. The molecule has 0 spiro atoms. The van der Waals surface area contributed by atoms with E-state index in [9.17, 15) is 18.0 Å². The summed E-state index contributed by atoms with van der Waals surface area (Å²) in [6, 6.07) is 5.08. The number of rotatable bonds is 3. The van der Waals surface area contributed by atoms with Crippen LogP contribution in [-0.2, 0) is 11.0 Å². The summed E-state index contributed by atoms with van der Waals surface area (Å²) in [5.74, 6) is -0.141. The fourth-order valence-corrected chi connectivity index (χ4v) is 2.61. The van der Waals surface area contributed by atoms with E-state index in [1.165, 1.54) is 12.1 Å².